The van der Waals surface area contributed by atoms with Crippen LogP contribution in [0.25, 0.3) is 0 Å². The van der Waals surface area contributed by atoms with E-state index < -0.39 is 9.84 Å². The molecule has 0 saturated carbocycles. The Morgan fingerprint density at radius 2 is 1.80 bits per heavy atom. The molecule has 0 aliphatic rings. The van der Waals surface area contributed by atoms with Gasteiger partial charge >= 0.3 is 0 Å². The summed E-state index contributed by atoms with van der Waals surface area (Å²) >= 11 is 6.01. The van der Waals surface area contributed by atoms with E-state index in [-0.39, 0.29) is 10.6 Å². The largest absolute Gasteiger partial charge is 0.497 e. The van der Waals surface area contributed by atoms with Gasteiger partial charge < -0.3 is 10.5 Å². The number of halogens is 1. The molecule has 0 bridgehead atoms. The molecule has 0 radical (unpaired) electrons. The minimum atomic E-state index is -3.50. The number of rotatable bonds is 4. The highest BCUT2D eigenvalue weighted by molar-refractivity contribution is 7.90. The van der Waals surface area contributed by atoms with Crippen LogP contribution in [0, 0.1) is 0 Å². The fraction of sp³-hybridized carbons (Fsp3) is 0.143. The van der Waals surface area contributed by atoms with Crippen molar-refractivity contribution in [1.82, 2.24) is 0 Å². The molecular weight excluding hydrogens is 298 g/mol. The smallest absolute Gasteiger partial charge is 0.182 e. The maximum absolute atomic E-state index is 12.4. The van der Waals surface area contributed by atoms with Crippen LogP contribution in [0.2, 0.25) is 5.02 Å². The predicted octanol–water partition coefficient (Wildman–Crippen LogP) is 2.90. The van der Waals surface area contributed by atoms with Crippen molar-refractivity contribution >= 4 is 27.1 Å². The van der Waals surface area contributed by atoms with Crippen LogP contribution in [-0.2, 0) is 15.6 Å². The first kappa shape index (κ1) is 14.7. The first-order chi connectivity index (χ1) is 9.44. The van der Waals surface area contributed by atoms with E-state index in [2.05, 4.69) is 0 Å². The third kappa shape index (κ3) is 3.05. The SMILES string of the molecule is COc1ccc(S(=O)(=O)Cc2c(N)cccc2Cl)cc1. The number of methoxy groups -OCH3 is 1. The van der Waals surface area contributed by atoms with Crippen molar-refractivity contribution in [2.75, 3.05) is 12.8 Å². The molecule has 2 aromatic rings. The van der Waals surface area contributed by atoms with Gasteiger partial charge in [-0.1, -0.05) is 17.7 Å². The van der Waals surface area contributed by atoms with Crippen molar-refractivity contribution in [2.24, 2.45) is 0 Å². The van der Waals surface area contributed by atoms with E-state index in [9.17, 15) is 8.42 Å². The van der Waals surface area contributed by atoms with Crippen LogP contribution in [0.3, 0.4) is 0 Å². The molecule has 0 aliphatic carbocycles. The van der Waals surface area contributed by atoms with E-state index in [0.29, 0.717) is 22.0 Å². The zero-order valence-corrected chi connectivity index (χ0v) is 12.4. The molecule has 20 heavy (non-hydrogen) atoms. The average molecular weight is 312 g/mol. The van der Waals surface area contributed by atoms with Crippen molar-refractivity contribution < 1.29 is 13.2 Å². The van der Waals surface area contributed by atoms with Gasteiger partial charge in [0.1, 0.15) is 5.75 Å². The second-order valence-corrected chi connectivity index (χ2v) is 6.64. The molecule has 0 spiro atoms. The summed E-state index contributed by atoms with van der Waals surface area (Å²) in [6.07, 6.45) is 0. The number of hydrogen-bond donors (Lipinski definition) is 1. The van der Waals surface area contributed by atoms with Crippen LogP contribution in [-0.4, -0.2) is 15.5 Å². The number of ether oxygens (including phenoxy) is 1. The van der Waals surface area contributed by atoms with Crippen molar-refractivity contribution in [1.29, 1.82) is 0 Å². The van der Waals surface area contributed by atoms with Gasteiger partial charge in [-0.05, 0) is 36.4 Å². The molecule has 0 aliphatic heterocycles. The number of benzene rings is 2. The fourth-order valence-corrected chi connectivity index (χ4v) is 3.53. The Balaban J connectivity index is 2.35. The number of hydrogen-bond acceptors (Lipinski definition) is 4. The van der Waals surface area contributed by atoms with Crippen molar-refractivity contribution in [3.05, 3.63) is 53.1 Å². The summed E-state index contributed by atoms with van der Waals surface area (Å²) in [5, 5.41) is 0.349. The van der Waals surface area contributed by atoms with Crippen LogP contribution in [0.15, 0.2) is 47.4 Å². The first-order valence-corrected chi connectivity index (χ1v) is 7.87. The lowest BCUT2D eigenvalue weighted by Crippen LogP contribution is -2.07. The van der Waals surface area contributed by atoms with Crippen LogP contribution in [0.4, 0.5) is 5.69 Å². The molecule has 106 valence electrons. The predicted molar refractivity (Wildman–Crippen MR) is 79.7 cm³/mol. The Labute approximate surface area is 123 Å². The summed E-state index contributed by atoms with van der Waals surface area (Å²) in [7, 11) is -1.98. The molecule has 0 heterocycles. The minimum Gasteiger partial charge on any atom is -0.497 e. The molecule has 4 nitrogen and oxygen atoms in total. The van der Waals surface area contributed by atoms with Gasteiger partial charge in [-0.3, -0.25) is 0 Å². The Morgan fingerprint density at radius 1 is 1.15 bits per heavy atom. The Bertz CT molecular complexity index is 691. The monoisotopic (exact) mass is 311 g/mol. The zero-order chi connectivity index (χ0) is 14.8. The van der Waals surface area contributed by atoms with E-state index in [0.717, 1.165) is 0 Å². The first-order valence-electron chi connectivity index (χ1n) is 5.84. The van der Waals surface area contributed by atoms with E-state index >= 15 is 0 Å². The lowest BCUT2D eigenvalue weighted by atomic mass is 10.2. The Kier molecular flexibility index (Phi) is 4.20. The summed E-state index contributed by atoms with van der Waals surface area (Å²) in [5.74, 6) is 0.367. The maximum atomic E-state index is 12.4. The fourth-order valence-electron chi connectivity index (χ4n) is 1.78. The standard InChI is InChI=1S/C14H14ClNO3S/c1-19-10-5-7-11(8-6-10)20(17,18)9-12-13(15)3-2-4-14(12)16/h2-8H,9,16H2,1H3. The maximum Gasteiger partial charge on any atom is 0.182 e. The topological polar surface area (TPSA) is 69.4 Å². The van der Waals surface area contributed by atoms with E-state index in [4.69, 9.17) is 22.1 Å². The zero-order valence-electron chi connectivity index (χ0n) is 10.8. The number of nitrogens with two attached hydrogens (primary N) is 1. The number of sulfone groups is 1. The van der Waals surface area contributed by atoms with Gasteiger partial charge in [-0.15, -0.1) is 0 Å². The average Bonchev–Trinajstić information content (AvgIpc) is 2.43. The lowest BCUT2D eigenvalue weighted by molar-refractivity contribution is 0.414. The summed E-state index contributed by atoms with van der Waals surface area (Å²) < 4.78 is 29.7. The Morgan fingerprint density at radius 3 is 2.35 bits per heavy atom. The van der Waals surface area contributed by atoms with Gasteiger partial charge in [0.2, 0.25) is 0 Å². The quantitative estimate of drug-likeness (QED) is 0.881. The van der Waals surface area contributed by atoms with Crippen molar-refractivity contribution in [2.45, 2.75) is 10.6 Å². The van der Waals surface area contributed by atoms with Gasteiger partial charge in [-0.25, -0.2) is 8.42 Å². The highest BCUT2D eigenvalue weighted by atomic mass is 35.5. The van der Waals surface area contributed by atoms with E-state index in [1.54, 1.807) is 30.3 Å². The Hall–Kier alpha value is -1.72. The molecule has 0 atom stereocenters. The third-order valence-electron chi connectivity index (χ3n) is 2.91. The number of anilines is 1. The molecule has 2 N–H and O–H groups in total. The summed E-state index contributed by atoms with van der Waals surface area (Å²) in [6.45, 7) is 0. The summed E-state index contributed by atoms with van der Waals surface area (Å²) in [6, 6.07) is 11.1. The second-order valence-electron chi connectivity index (χ2n) is 4.24. The van der Waals surface area contributed by atoms with E-state index in [1.165, 1.54) is 19.2 Å². The number of nitrogen functional groups attached to an aromatic ring is 1. The third-order valence-corrected chi connectivity index (χ3v) is 4.92. The van der Waals surface area contributed by atoms with Crippen LogP contribution >= 0.6 is 11.6 Å². The van der Waals surface area contributed by atoms with Crippen LogP contribution < -0.4 is 10.5 Å². The highest BCUT2D eigenvalue weighted by Crippen LogP contribution is 2.27. The second kappa shape index (κ2) is 5.73. The van der Waals surface area contributed by atoms with Gasteiger partial charge in [0.15, 0.2) is 9.84 Å². The van der Waals surface area contributed by atoms with Crippen LogP contribution in [0.1, 0.15) is 5.56 Å². The molecular formula is C14H14ClNO3S. The molecule has 2 rings (SSSR count). The molecule has 0 amide bonds. The van der Waals surface area contributed by atoms with Gasteiger partial charge in [-0.2, -0.15) is 0 Å². The van der Waals surface area contributed by atoms with Crippen molar-refractivity contribution in [3.63, 3.8) is 0 Å². The van der Waals surface area contributed by atoms with Gasteiger partial charge in [0, 0.05) is 16.3 Å². The molecule has 0 saturated heterocycles. The normalized spacial score (nSPS) is 11.3. The van der Waals surface area contributed by atoms with E-state index in [1.807, 2.05) is 0 Å². The van der Waals surface area contributed by atoms with Crippen LogP contribution in [0.5, 0.6) is 5.75 Å². The highest BCUT2D eigenvalue weighted by Gasteiger charge is 2.18. The molecule has 0 aromatic heterocycles. The van der Waals surface area contributed by atoms with Gasteiger partial charge in [0.05, 0.1) is 17.8 Å². The minimum absolute atomic E-state index is 0.206. The molecule has 6 heteroatoms. The summed E-state index contributed by atoms with van der Waals surface area (Å²) in [4.78, 5) is 0.206. The lowest BCUT2D eigenvalue weighted by Gasteiger charge is -2.09. The molecule has 0 fully saturated rings. The van der Waals surface area contributed by atoms with Gasteiger partial charge in [0.25, 0.3) is 0 Å². The molecule has 0 unspecified atom stereocenters. The summed E-state index contributed by atoms with van der Waals surface area (Å²) in [5.41, 5.74) is 6.57. The van der Waals surface area contributed by atoms with Crippen molar-refractivity contribution in [3.8, 4) is 5.75 Å². The molecule has 2 aromatic carbocycles.